The Morgan fingerprint density at radius 1 is 1.32 bits per heavy atom. The van der Waals surface area contributed by atoms with Crippen LogP contribution in [0.25, 0.3) is 10.9 Å². The van der Waals surface area contributed by atoms with Gasteiger partial charge in [-0.25, -0.2) is 9.66 Å². The lowest BCUT2D eigenvalue weighted by atomic mass is 10.1. The van der Waals surface area contributed by atoms with E-state index < -0.39 is 17.3 Å². The first-order valence-electron chi connectivity index (χ1n) is 8.03. The van der Waals surface area contributed by atoms with Crippen molar-refractivity contribution in [3.8, 4) is 12.3 Å². The topological polar surface area (TPSA) is 46.9 Å². The highest BCUT2D eigenvalue weighted by atomic mass is 79.9. The number of fused-ring (bicyclic) bond motifs is 1. The van der Waals surface area contributed by atoms with E-state index in [-0.39, 0.29) is 15.4 Å². The summed E-state index contributed by atoms with van der Waals surface area (Å²) in [5.41, 5.74) is 2.63. The van der Waals surface area contributed by atoms with E-state index >= 15 is 0 Å². The molecular formula is C19H13BrF3N3OS. The number of rotatable bonds is 4. The van der Waals surface area contributed by atoms with Crippen LogP contribution in [0.5, 0.6) is 0 Å². The maximum atomic E-state index is 13.1. The Morgan fingerprint density at radius 3 is 2.71 bits per heavy atom. The largest absolute Gasteiger partial charge is 0.416 e. The van der Waals surface area contributed by atoms with Crippen molar-refractivity contribution in [2.45, 2.75) is 18.0 Å². The van der Waals surface area contributed by atoms with Crippen molar-refractivity contribution in [1.82, 2.24) is 9.66 Å². The molecule has 9 heteroatoms. The van der Waals surface area contributed by atoms with Crippen molar-refractivity contribution in [3.63, 3.8) is 0 Å². The summed E-state index contributed by atoms with van der Waals surface area (Å²) in [6.45, 7) is 1.98. The molecule has 0 unspecified atom stereocenters. The zero-order valence-corrected chi connectivity index (χ0v) is 16.9. The van der Waals surface area contributed by atoms with Gasteiger partial charge in [-0.1, -0.05) is 12.8 Å². The van der Waals surface area contributed by atoms with Crippen molar-refractivity contribution >= 4 is 44.3 Å². The van der Waals surface area contributed by atoms with Gasteiger partial charge in [0.25, 0.3) is 5.56 Å². The van der Waals surface area contributed by atoms with E-state index in [0.717, 1.165) is 27.5 Å². The number of alkyl halides is 3. The minimum absolute atomic E-state index is 0.0955. The van der Waals surface area contributed by atoms with Crippen molar-refractivity contribution in [2.75, 3.05) is 11.2 Å². The number of benzene rings is 2. The lowest BCUT2D eigenvalue weighted by Crippen LogP contribution is -2.27. The van der Waals surface area contributed by atoms with Gasteiger partial charge in [-0.2, -0.15) is 13.2 Å². The standard InChI is InChI=1S/C19H13BrF3N3OS/c1-3-11-5-6-16(28-4-2)15(7-11)25-26-10-24-17-13(18(26)27)8-12(9-14(17)20)19(21,22)23/h1,5-10,25H,4H2,2H3. The van der Waals surface area contributed by atoms with Crippen LogP contribution in [-0.2, 0) is 6.18 Å². The molecule has 144 valence electrons. The molecule has 1 N–H and O–H groups in total. The van der Waals surface area contributed by atoms with Gasteiger partial charge < -0.3 is 0 Å². The summed E-state index contributed by atoms with van der Waals surface area (Å²) < 4.78 is 40.5. The number of hydrogen-bond donors (Lipinski definition) is 1. The molecular weight excluding hydrogens is 455 g/mol. The van der Waals surface area contributed by atoms with Crippen LogP contribution in [0.1, 0.15) is 18.1 Å². The van der Waals surface area contributed by atoms with Crippen LogP contribution >= 0.6 is 27.7 Å². The lowest BCUT2D eigenvalue weighted by Gasteiger charge is -2.15. The molecule has 28 heavy (non-hydrogen) atoms. The van der Waals surface area contributed by atoms with Crippen LogP contribution in [0.3, 0.4) is 0 Å². The highest BCUT2D eigenvalue weighted by Gasteiger charge is 2.31. The summed E-state index contributed by atoms with van der Waals surface area (Å²) in [4.78, 5) is 17.8. The SMILES string of the molecule is C#Cc1ccc(SCC)c(Nn2cnc3c(Br)cc(C(F)(F)F)cc3c2=O)c1. The number of hydrogen-bond acceptors (Lipinski definition) is 4. The van der Waals surface area contributed by atoms with Gasteiger partial charge in [-0.15, -0.1) is 18.2 Å². The Labute approximate surface area is 171 Å². The first kappa shape index (κ1) is 20.3. The van der Waals surface area contributed by atoms with Crippen molar-refractivity contribution in [3.05, 3.63) is 62.6 Å². The molecule has 0 radical (unpaired) electrons. The summed E-state index contributed by atoms with van der Waals surface area (Å²) >= 11 is 4.60. The van der Waals surface area contributed by atoms with Crippen LogP contribution in [0.2, 0.25) is 0 Å². The Bertz CT molecular complexity index is 1150. The van der Waals surface area contributed by atoms with Gasteiger partial charge in [0.2, 0.25) is 0 Å². The zero-order valence-electron chi connectivity index (χ0n) is 14.5. The fourth-order valence-corrected chi connectivity index (χ4v) is 3.85. The number of thioether (sulfide) groups is 1. The smallest absolute Gasteiger partial charge is 0.289 e. The summed E-state index contributed by atoms with van der Waals surface area (Å²) in [5.74, 6) is 3.30. The maximum absolute atomic E-state index is 13.1. The number of halogens is 4. The van der Waals surface area contributed by atoms with Crippen LogP contribution in [0.4, 0.5) is 18.9 Å². The Kier molecular flexibility index (Phi) is 5.72. The summed E-state index contributed by atoms with van der Waals surface area (Å²) in [5, 5.41) is -0.158. The fraction of sp³-hybridized carbons (Fsp3) is 0.158. The number of nitrogens with one attached hydrogen (secondary N) is 1. The average molecular weight is 468 g/mol. The van der Waals surface area contributed by atoms with E-state index in [2.05, 4.69) is 32.3 Å². The normalized spacial score (nSPS) is 11.4. The predicted molar refractivity (Wildman–Crippen MR) is 109 cm³/mol. The van der Waals surface area contributed by atoms with Crippen LogP contribution in [-0.4, -0.2) is 15.4 Å². The second kappa shape index (κ2) is 7.89. The molecule has 1 heterocycles. The van der Waals surface area contributed by atoms with Crippen LogP contribution in [0, 0.1) is 12.3 Å². The zero-order chi connectivity index (χ0) is 20.5. The molecule has 3 aromatic rings. The van der Waals surface area contributed by atoms with Crippen LogP contribution in [0.15, 0.2) is 50.8 Å². The average Bonchev–Trinajstić information content (AvgIpc) is 2.65. The van der Waals surface area contributed by atoms with Gasteiger partial charge in [-0.3, -0.25) is 10.2 Å². The predicted octanol–water partition coefficient (Wildman–Crippen LogP) is 5.15. The second-order valence-electron chi connectivity index (χ2n) is 5.67. The molecule has 0 atom stereocenters. The Balaban J connectivity index is 2.14. The van der Waals surface area contributed by atoms with E-state index in [1.54, 1.807) is 12.1 Å². The Morgan fingerprint density at radius 2 is 2.07 bits per heavy atom. The minimum atomic E-state index is -4.58. The van der Waals surface area contributed by atoms with Gasteiger partial charge in [0.05, 0.1) is 22.2 Å². The molecule has 0 aliphatic carbocycles. The molecule has 0 fully saturated rings. The maximum Gasteiger partial charge on any atom is 0.416 e. The van der Waals surface area contributed by atoms with Gasteiger partial charge in [-0.05, 0) is 52.0 Å². The first-order chi connectivity index (χ1) is 13.2. The molecule has 0 aliphatic heterocycles. The van der Waals surface area contributed by atoms with Crippen molar-refractivity contribution in [1.29, 1.82) is 0 Å². The molecule has 2 aromatic carbocycles. The molecule has 0 saturated heterocycles. The number of terminal acetylenes is 1. The molecule has 0 amide bonds. The van der Waals surface area contributed by atoms with E-state index in [0.29, 0.717) is 11.3 Å². The highest BCUT2D eigenvalue weighted by molar-refractivity contribution is 9.10. The third-order valence-electron chi connectivity index (χ3n) is 3.83. The number of aromatic nitrogens is 2. The van der Waals surface area contributed by atoms with Crippen LogP contribution < -0.4 is 11.0 Å². The summed E-state index contributed by atoms with van der Waals surface area (Å²) in [6, 6.07) is 6.99. The summed E-state index contributed by atoms with van der Waals surface area (Å²) in [7, 11) is 0. The minimum Gasteiger partial charge on any atom is -0.289 e. The van der Waals surface area contributed by atoms with Gasteiger partial charge in [0, 0.05) is 14.9 Å². The van der Waals surface area contributed by atoms with E-state index in [1.165, 1.54) is 18.1 Å². The highest BCUT2D eigenvalue weighted by Crippen LogP contribution is 2.34. The molecule has 3 rings (SSSR count). The quantitative estimate of drug-likeness (QED) is 0.425. The molecule has 0 bridgehead atoms. The first-order valence-corrected chi connectivity index (χ1v) is 9.81. The molecule has 1 aromatic heterocycles. The second-order valence-corrected chi connectivity index (χ2v) is 7.83. The molecule has 4 nitrogen and oxygen atoms in total. The van der Waals surface area contributed by atoms with E-state index in [1.807, 2.05) is 13.0 Å². The van der Waals surface area contributed by atoms with Gasteiger partial charge >= 0.3 is 6.18 Å². The number of anilines is 1. The molecule has 0 spiro atoms. The van der Waals surface area contributed by atoms with Crippen molar-refractivity contribution < 1.29 is 13.2 Å². The van der Waals surface area contributed by atoms with Gasteiger partial charge in [0.1, 0.15) is 6.33 Å². The summed E-state index contributed by atoms with van der Waals surface area (Å²) in [6.07, 6.45) is 2.09. The number of nitrogens with zero attached hydrogens (tertiary/aromatic N) is 2. The third-order valence-corrected chi connectivity index (χ3v) is 5.39. The van der Waals surface area contributed by atoms with E-state index in [9.17, 15) is 18.0 Å². The fourth-order valence-electron chi connectivity index (χ4n) is 2.55. The van der Waals surface area contributed by atoms with Gasteiger partial charge in [0.15, 0.2) is 0 Å². The molecule has 0 saturated carbocycles. The monoisotopic (exact) mass is 467 g/mol. The molecule has 0 aliphatic rings. The Hall–Kier alpha value is -2.44. The van der Waals surface area contributed by atoms with Crippen molar-refractivity contribution in [2.24, 2.45) is 0 Å². The van der Waals surface area contributed by atoms with E-state index in [4.69, 9.17) is 6.42 Å². The third kappa shape index (κ3) is 4.03. The lowest BCUT2D eigenvalue weighted by molar-refractivity contribution is -0.137.